The monoisotopic (exact) mass is 483 g/mol. The Hall–Kier alpha value is -2.84. The van der Waals surface area contributed by atoms with Crippen LogP contribution >= 0.6 is 0 Å². The molecule has 2 aliphatic heterocycles. The van der Waals surface area contributed by atoms with Crippen LogP contribution < -0.4 is 9.64 Å². The second-order valence-electron chi connectivity index (χ2n) is 9.00. The maximum Gasteiger partial charge on any atom is 0.246 e. The summed E-state index contributed by atoms with van der Waals surface area (Å²) in [6.07, 6.45) is 5.38. The molecule has 2 aliphatic rings. The molecule has 1 amide bonds. The standard InChI is InChI=1S/C26H33N3O4S/c1-21-7-6-14-29(20-21)34(31,32)23-11-12-25(33-2)24(19-23)27-15-17-28(18-16-27)26(30)13-10-22-8-4-3-5-9-22/h3-5,8-13,19,21H,6-7,14-18,20H2,1-2H3/b13-10+/t21-/m0/s1. The molecule has 4 rings (SSSR count). The van der Waals surface area contributed by atoms with Crippen molar-refractivity contribution >= 4 is 27.7 Å². The van der Waals surface area contributed by atoms with Crippen molar-refractivity contribution in [2.45, 2.75) is 24.7 Å². The van der Waals surface area contributed by atoms with Crippen molar-refractivity contribution in [1.82, 2.24) is 9.21 Å². The molecule has 0 bridgehead atoms. The highest BCUT2D eigenvalue weighted by Gasteiger charge is 2.30. The zero-order chi connectivity index (χ0) is 24.1. The van der Waals surface area contributed by atoms with Crippen LogP contribution in [-0.4, -0.2) is 69.9 Å². The lowest BCUT2D eigenvalue weighted by molar-refractivity contribution is -0.126. The Kier molecular flexibility index (Phi) is 7.58. The highest BCUT2D eigenvalue weighted by molar-refractivity contribution is 7.89. The Bertz CT molecular complexity index is 1130. The van der Waals surface area contributed by atoms with E-state index in [1.807, 2.05) is 41.3 Å². The van der Waals surface area contributed by atoms with E-state index in [-0.39, 0.29) is 5.91 Å². The van der Waals surface area contributed by atoms with Crippen molar-refractivity contribution in [2.75, 3.05) is 51.3 Å². The predicted octanol–water partition coefficient (Wildman–Crippen LogP) is 3.48. The van der Waals surface area contributed by atoms with E-state index in [9.17, 15) is 13.2 Å². The van der Waals surface area contributed by atoms with Gasteiger partial charge in [-0.15, -0.1) is 0 Å². The number of piperazine rings is 1. The number of carbonyl (C=O) groups excluding carboxylic acids is 1. The van der Waals surface area contributed by atoms with Crippen LogP contribution in [-0.2, 0) is 14.8 Å². The summed E-state index contributed by atoms with van der Waals surface area (Å²) < 4.78 is 33.8. The summed E-state index contributed by atoms with van der Waals surface area (Å²) in [5, 5.41) is 0. The average Bonchev–Trinajstić information content (AvgIpc) is 2.87. The largest absolute Gasteiger partial charge is 0.495 e. The smallest absolute Gasteiger partial charge is 0.246 e. The summed E-state index contributed by atoms with van der Waals surface area (Å²) in [5.41, 5.74) is 1.74. The van der Waals surface area contributed by atoms with Crippen LogP contribution in [0, 0.1) is 5.92 Å². The first-order valence-corrected chi connectivity index (χ1v) is 13.3. The fraction of sp³-hybridized carbons (Fsp3) is 0.423. The van der Waals surface area contributed by atoms with Crippen molar-refractivity contribution in [3.63, 3.8) is 0 Å². The summed E-state index contributed by atoms with van der Waals surface area (Å²) in [4.78, 5) is 16.8. The second-order valence-corrected chi connectivity index (χ2v) is 10.9. The molecule has 182 valence electrons. The molecular formula is C26H33N3O4S. The third kappa shape index (κ3) is 5.45. The molecule has 0 radical (unpaired) electrons. The Morgan fingerprint density at radius 3 is 2.44 bits per heavy atom. The minimum atomic E-state index is -3.56. The Morgan fingerprint density at radius 1 is 1.03 bits per heavy atom. The Balaban J connectivity index is 1.46. The van der Waals surface area contributed by atoms with E-state index >= 15 is 0 Å². The van der Waals surface area contributed by atoms with Crippen molar-refractivity contribution in [3.05, 3.63) is 60.2 Å². The van der Waals surface area contributed by atoms with Gasteiger partial charge in [0.15, 0.2) is 0 Å². The van der Waals surface area contributed by atoms with Crippen LogP contribution in [0.4, 0.5) is 5.69 Å². The van der Waals surface area contributed by atoms with E-state index in [0.717, 1.165) is 24.1 Å². The number of anilines is 1. The summed E-state index contributed by atoms with van der Waals surface area (Å²) in [7, 11) is -1.97. The van der Waals surface area contributed by atoms with E-state index in [1.165, 1.54) is 0 Å². The van der Waals surface area contributed by atoms with E-state index < -0.39 is 10.0 Å². The van der Waals surface area contributed by atoms with Gasteiger partial charge < -0.3 is 14.5 Å². The number of hydrogen-bond donors (Lipinski definition) is 0. The number of nitrogens with zero attached hydrogens (tertiary/aromatic N) is 3. The number of methoxy groups -OCH3 is 1. The third-order valence-electron chi connectivity index (χ3n) is 6.56. The highest BCUT2D eigenvalue weighted by atomic mass is 32.2. The van der Waals surface area contributed by atoms with Gasteiger partial charge in [0.05, 0.1) is 17.7 Å². The topological polar surface area (TPSA) is 70.2 Å². The van der Waals surface area contributed by atoms with Crippen molar-refractivity contribution in [1.29, 1.82) is 0 Å². The van der Waals surface area contributed by atoms with Crippen LogP contribution in [0.3, 0.4) is 0 Å². The summed E-state index contributed by atoms with van der Waals surface area (Å²) >= 11 is 0. The normalized spacial score (nSPS) is 20.0. The average molecular weight is 484 g/mol. The maximum absolute atomic E-state index is 13.3. The molecule has 0 aliphatic carbocycles. The molecule has 0 saturated carbocycles. The molecule has 2 aromatic rings. The molecule has 0 spiro atoms. The van der Waals surface area contributed by atoms with E-state index in [2.05, 4.69) is 11.8 Å². The number of ether oxygens (including phenoxy) is 1. The third-order valence-corrected chi connectivity index (χ3v) is 8.42. The Morgan fingerprint density at radius 2 is 1.76 bits per heavy atom. The first-order valence-electron chi connectivity index (χ1n) is 11.8. The number of sulfonamides is 1. The molecule has 2 heterocycles. The summed E-state index contributed by atoms with van der Waals surface area (Å²) in [5.74, 6) is 0.975. The van der Waals surface area contributed by atoms with E-state index in [4.69, 9.17) is 4.74 Å². The summed E-state index contributed by atoms with van der Waals surface area (Å²) in [6, 6.07) is 14.8. The van der Waals surface area contributed by atoms with Gasteiger partial charge in [0.1, 0.15) is 5.75 Å². The number of piperidine rings is 1. The van der Waals surface area contributed by atoms with Crippen LogP contribution in [0.25, 0.3) is 6.08 Å². The van der Waals surface area contributed by atoms with E-state index in [0.29, 0.717) is 55.8 Å². The molecule has 0 unspecified atom stereocenters. The molecule has 2 fully saturated rings. The molecular weight excluding hydrogens is 450 g/mol. The van der Waals surface area contributed by atoms with Gasteiger partial charge in [0.2, 0.25) is 15.9 Å². The Labute approximate surface area is 202 Å². The minimum Gasteiger partial charge on any atom is -0.495 e. The maximum atomic E-state index is 13.3. The van der Waals surface area contributed by atoms with E-state index in [1.54, 1.807) is 35.7 Å². The minimum absolute atomic E-state index is 0.0222. The fourth-order valence-corrected chi connectivity index (χ4v) is 6.21. The van der Waals surface area contributed by atoms with Crippen molar-refractivity contribution in [3.8, 4) is 5.75 Å². The number of hydrogen-bond acceptors (Lipinski definition) is 5. The zero-order valence-electron chi connectivity index (χ0n) is 19.9. The van der Waals surface area contributed by atoms with Crippen molar-refractivity contribution < 1.29 is 17.9 Å². The number of benzene rings is 2. The number of amides is 1. The first-order chi connectivity index (χ1) is 16.4. The van der Waals surface area contributed by atoms with Gasteiger partial charge in [-0.25, -0.2) is 8.42 Å². The summed E-state index contributed by atoms with van der Waals surface area (Å²) in [6.45, 7) is 5.53. The quantitative estimate of drug-likeness (QED) is 0.589. The zero-order valence-corrected chi connectivity index (χ0v) is 20.7. The molecule has 0 N–H and O–H groups in total. The molecule has 1 atom stereocenters. The van der Waals surface area contributed by atoms with Crippen LogP contribution in [0.2, 0.25) is 0 Å². The number of rotatable bonds is 6. The van der Waals surface area contributed by atoms with Crippen molar-refractivity contribution in [2.24, 2.45) is 5.92 Å². The fourth-order valence-electron chi connectivity index (χ4n) is 4.60. The van der Waals surface area contributed by atoms with Gasteiger partial charge in [0, 0.05) is 45.3 Å². The molecule has 34 heavy (non-hydrogen) atoms. The lowest BCUT2D eigenvalue weighted by Gasteiger charge is -2.36. The SMILES string of the molecule is COc1ccc(S(=O)(=O)N2CCC[C@H](C)C2)cc1N1CCN(C(=O)/C=C/c2ccccc2)CC1. The molecule has 2 saturated heterocycles. The van der Waals surface area contributed by atoms with Gasteiger partial charge in [-0.05, 0) is 48.6 Å². The molecule has 0 aromatic heterocycles. The predicted molar refractivity (Wildman–Crippen MR) is 134 cm³/mol. The molecule has 2 aromatic carbocycles. The van der Waals surface area contributed by atoms with Crippen LogP contribution in [0.15, 0.2) is 59.5 Å². The van der Waals surface area contributed by atoms with Gasteiger partial charge in [-0.1, -0.05) is 37.3 Å². The number of carbonyl (C=O) groups is 1. The van der Waals surface area contributed by atoms with Gasteiger partial charge in [-0.2, -0.15) is 4.31 Å². The first kappa shape index (κ1) is 24.3. The van der Waals surface area contributed by atoms with Gasteiger partial charge in [-0.3, -0.25) is 4.79 Å². The lowest BCUT2D eigenvalue weighted by Crippen LogP contribution is -2.48. The van der Waals surface area contributed by atoms with Crippen LogP contribution in [0.5, 0.6) is 5.75 Å². The second kappa shape index (κ2) is 10.6. The van der Waals surface area contributed by atoms with Gasteiger partial charge in [0.25, 0.3) is 0 Å². The van der Waals surface area contributed by atoms with Crippen LogP contribution in [0.1, 0.15) is 25.3 Å². The molecule has 8 heteroatoms. The van der Waals surface area contributed by atoms with Gasteiger partial charge >= 0.3 is 0 Å². The molecule has 7 nitrogen and oxygen atoms in total. The lowest BCUT2D eigenvalue weighted by atomic mass is 10.0. The highest BCUT2D eigenvalue weighted by Crippen LogP contribution is 2.33.